The van der Waals surface area contributed by atoms with Crippen molar-refractivity contribution in [2.24, 2.45) is 5.10 Å². The molecule has 0 spiro atoms. The molecule has 6 nitrogen and oxygen atoms in total. The van der Waals surface area contributed by atoms with Crippen LogP contribution in [0.5, 0.6) is 5.75 Å². The highest BCUT2D eigenvalue weighted by molar-refractivity contribution is 7.14. The van der Waals surface area contributed by atoms with Gasteiger partial charge in [0, 0.05) is 36.1 Å². The number of carbonyl (C=O) groups is 1. The Labute approximate surface area is 194 Å². The van der Waals surface area contributed by atoms with Gasteiger partial charge in [0.05, 0.1) is 21.5 Å². The molecule has 1 aliphatic heterocycles. The van der Waals surface area contributed by atoms with E-state index in [0.717, 1.165) is 16.2 Å². The molecule has 0 aliphatic carbocycles. The molecule has 4 heterocycles. The number of phenolic OH excluding ortho intramolecular Hbond substituents is 1. The van der Waals surface area contributed by atoms with Crippen LogP contribution in [-0.2, 0) is 0 Å². The highest BCUT2D eigenvalue weighted by Crippen LogP contribution is 2.38. The van der Waals surface area contributed by atoms with Crippen LogP contribution in [0, 0.1) is 11.8 Å². The van der Waals surface area contributed by atoms with Gasteiger partial charge in [0.15, 0.2) is 0 Å². The Morgan fingerprint density at radius 3 is 2.67 bits per heavy atom. The lowest BCUT2D eigenvalue weighted by Crippen LogP contribution is -2.26. The maximum Gasteiger partial charge on any atom is 0.284 e. The number of aromatic nitrogens is 2. The van der Waals surface area contributed by atoms with Crippen molar-refractivity contribution >= 4 is 23.0 Å². The van der Waals surface area contributed by atoms with E-state index >= 15 is 0 Å². The molecule has 0 fully saturated rings. The Morgan fingerprint density at radius 2 is 1.88 bits per heavy atom. The van der Waals surface area contributed by atoms with E-state index in [9.17, 15) is 9.90 Å². The van der Waals surface area contributed by atoms with Crippen molar-refractivity contribution in [3.8, 4) is 17.6 Å². The molecular weight excluding hydrogens is 432 g/mol. The Bertz CT molecular complexity index is 1390. The third-order valence-electron chi connectivity index (χ3n) is 5.20. The standard InChI is InChI=1S/C26H18N4O2S/c31-24-9-2-1-8-21(24)23-16-22(18-6-5-14-27-17-18)29-30(23)26(32)25-13-12-20(33-25)11-10-19-7-3-4-15-28-19/h1-9,12-15,17,23,31H,16H2. The van der Waals surface area contributed by atoms with Gasteiger partial charge in [0.2, 0.25) is 0 Å². The number of para-hydroxylation sites is 1. The average molecular weight is 451 g/mol. The first-order chi connectivity index (χ1) is 16.2. The molecule has 1 aromatic carbocycles. The molecule has 160 valence electrons. The molecule has 1 N–H and O–H groups in total. The third-order valence-corrected chi connectivity index (χ3v) is 6.19. The van der Waals surface area contributed by atoms with E-state index < -0.39 is 6.04 Å². The van der Waals surface area contributed by atoms with Crippen LogP contribution in [0.2, 0.25) is 0 Å². The molecule has 0 radical (unpaired) electrons. The van der Waals surface area contributed by atoms with E-state index in [-0.39, 0.29) is 11.7 Å². The molecular formula is C26H18N4O2S. The van der Waals surface area contributed by atoms with Gasteiger partial charge in [-0.2, -0.15) is 5.10 Å². The van der Waals surface area contributed by atoms with Gasteiger partial charge < -0.3 is 5.11 Å². The molecule has 5 rings (SSSR count). The smallest absolute Gasteiger partial charge is 0.284 e. The first-order valence-electron chi connectivity index (χ1n) is 10.3. The van der Waals surface area contributed by atoms with Gasteiger partial charge in [-0.15, -0.1) is 11.3 Å². The van der Waals surface area contributed by atoms with Crippen LogP contribution < -0.4 is 0 Å². The minimum atomic E-state index is -0.418. The first kappa shape index (κ1) is 20.6. The summed E-state index contributed by atoms with van der Waals surface area (Å²) in [5.41, 5.74) is 2.92. The Balaban J connectivity index is 1.46. The number of benzene rings is 1. The van der Waals surface area contributed by atoms with Gasteiger partial charge in [-0.3, -0.25) is 9.78 Å². The molecule has 0 saturated carbocycles. The summed E-state index contributed by atoms with van der Waals surface area (Å²) in [6.45, 7) is 0. The second-order valence-corrected chi connectivity index (χ2v) is 8.43. The van der Waals surface area contributed by atoms with Crippen molar-refractivity contribution in [2.75, 3.05) is 0 Å². The van der Waals surface area contributed by atoms with Gasteiger partial charge in [0.1, 0.15) is 11.4 Å². The fourth-order valence-corrected chi connectivity index (χ4v) is 4.40. The molecule has 1 aliphatic rings. The summed E-state index contributed by atoms with van der Waals surface area (Å²) < 4.78 is 0. The van der Waals surface area contributed by atoms with Crippen molar-refractivity contribution in [1.29, 1.82) is 0 Å². The fourth-order valence-electron chi connectivity index (χ4n) is 3.61. The van der Waals surface area contributed by atoms with E-state index in [4.69, 9.17) is 0 Å². The molecule has 0 saturated heterocycles. The zero-order valence-electron chi connectivity index (χ0n) is 17.4. The zero-order valence-corrected chi connectivity index (χ0v) is 18.2. The number of phenols is 1. The van der Waals surface area contributed by atoms with Gasteiger partial charge >= 0.3 is 0 Å². The lowest BCUT2D eigenvalue weighted by atomic mass is 9.98. The largest absolute Gasteiger partial charge is 0.508 e. The van der Waals surface area contributed by atoms with Crippen LogP contribution >= 0.6 is 11.3 Å². The monoisotopic (exact) mass is 450 g/mol. The maximum atomic E-state index is 13.5. The number of pyridine rings is 2. The number of rotatable bonds is 3. The van der Waals surface area contributed by atoms with Crippen molar-refractivity contribution in [3.05, 3.63) is 112 Å². The van der Waals surface area contributed by atoms with Crippen LogP contribution in [0.15, 0.2) is 90.4 Å². The van der Waals surface area contributed by atoms with E-state index in [2.05, 4.69) is 26.9 Å². The predicted molar refractivity (Wildman–Crippen MR) is 127 cm³/mol. The Morgan fingerprint density at radius 1 is 1.00 bits per heavy atom. The van der Waals surface area contributed by atoms with Crippen LogP contribution in [0.1, 0.15) is 43.8 Å². The Kier molecular flexibility index (Phi) is 5.66. The SMILES string of the molecule is O=C(c1ccc(C#Cc2ccccn2)s1)N1N=C(c2cccnc2)CC1c1ccccc1O. The second-order valence-electron chi connectivity index (χ2n) is 7.35. The van der Waals surface area contributed by atoms with Crippen molar-refractivity contribution in [2.45, 2.75) is 12.5 Å². The highest BCUT2D eigenvalue weighted by atomic mass is 32.1. The first-order valence-corrected chi connectivity index (χ1v) is 11.1. The van der Waals surface area contributed by atoms with E-state index in [1.54, 1.807) is 36.8 Å². The maximum absolute atomic E-state index is 13.5. The molecule has 3 aromatic heterocycles. The lowest BCUT2D eigenvalue weighted by molar-refractivity contribution is 0.0714. The van der Waals surface area contributed by atoms with Crippen molar-refractivity contribution < 1.29 is 9.90 Å². The summed E-state index contributed by atoms with van der Waals surface area (Å²) >= 11 is 1.31. The second kappa shape index (κ2) is 9.07. The minimum Gasteiger partial charge on any atom is -0.508 e. The Hall–Kier alpha value is -4.28. The summed E-state index contributed by atoms with van der Waals surface area (Å²) in [6.07, 6.45) is 5.59. The normalized spacial score (nSPS) is 15.0. The topological polar surface area (TPSA) is 78.7 Å². The summed E-state index contributed by atoms with van der Waals surface area (Å²) in [6, 6.07) is 19.5. The van der Waals surface area contributed by atoms with E-state index in [1.807, 2.05) is 48.5 Å². The predicted octanol–water partition coefficient (Wildman–Crippen LogP) is 4.64. The number of amides is 1. The number of carbonyl (C=O) groups excluding carboxylic acids is 1. The highest BCUT2D eigenvalue weighted by Gasteiger charge is 2.35. The van der Waals surface area contributed by atoms with E-state index in [0.29, 0.717) is 22.6 Å². The zero-order chi connectivity index (χ0) is 22.6. The van der Waals surface area contributed by atoms with E-state index in [1.165, 1.54) is 16.3 Å². The summed E-state index contributed by atoms with van der Waals surface area (Å²) in [5.74, 6) is 5.97. The van der Waals surface area contributed by atoms with Gasteiger partial charge in [-0.1, -0.05) is 30.3 Å². The van der Waals surface area contributed by atoms with Crippen molar-refractivity contribution in [1.82, 2.24) is 15.0 Å². The molecule has 1 unspecified atom stereocenters. The molecule has 33 heavy (non-hydrogen) atoms. The number of hydrogen-bond donors (Lipinski definition) is 1. The molecule has 4 aromatic rings. The van der Waals surface area contributed by atoms with Crippen LogP contribution in [0.4, 0.5) is 0 Å². The van der Waals surface area contributed by atoms with Crippen LogP contribution in [0.25, 0.3) is 0 Å². The van der Waals surface area contributed by atoms with Crippen LogP contribution in [-0.4, -0.2) is 31.7 Å². The summed E-state index contributed by atoms with van der Waals surface area (Å²) in [7, 11) is 0. The number of hydrogen-bond acceptors (Lipinski definition) is 6. The molecule has 0 bridgehead atoms. The fraction of sp³-hybridized carbons (Fsp3) is 0.0769. The van der Waals surface area contributed by atoms with Gasteiger partial charge in [-0.25, -0.2) is 9.99 Å². The minimum absolute atomic E-state index is 0.135. The van der Waals surface area contributed by atoms with Crippen LogP contribution in [0.3, 0.4) is 0 Å². The third kappa shape index (κ3) is 4.38. The average Bonchev–Trinajstić information content (AvgIpc) is 3.52. The number of aromatic hydroxyl groups is 1. The summed E-state index contributed by atoms with van der Waals surface area (Å²) in [5, 5.41) is 16.6. The summed E-state index contributed by atoms with van der Waals surface area (Å²) in [4.78, 5) is 23.1. The molecule has 1 amide bonds. The van der Waals surface area contributed by atoms with Gasteiger partial charge in [-0.05, 0) is 48.2 Å². The molecule has 1 atom stereocenters. The molecule has 7 heteroatoms. The quantitative estimate of drug-likeness (QED) is 0.462. The lowest BCUT2D eigenvalue weighted by Gasteiger charge is -2.22. The van der Waals surface area contributed by atoms with Gasteiger partial charge in [0.25, 0.3) is 5.91 Å². The number of hydrazone groups is 1. The number of nitrogens with zero attached hydrogens (tertiary/aromatic N) is 4. The number of thiophene rings is 1. The van der Waals surface area contributed by atoms with Crippen molar-refractivity contribution in [3.63, 3.8) is 0 Å².